The number of fused-ring (bicyclic) bond motifs is 2. The topological polar surface area (TPSA) is 119 Å². The number of ether oxygens (including phenoxy) is 4. The number of halogens is 6. The van der Waals surface area contributed by atoms with E-state index in [4.69, 9.17) is 33.6 Å². The van der Waals surface area contributed by atoms with Crippen molar-refractivity contribution >= 4 is 9.84 Å². The Morgan fingerprint density at radius 1 is 0.776 bits per heavy atom. The van der Waals surface area contributed by atoms with Gasteiger partial charge in [-0.2, -0.15) is 26.3 Å². The molecule has 17 heteroatoms. The largest absolute Gasteiger partial charge is 0.456 e. The van der Waals surface area contributed by atoms with E-state index in [0.29, 0.717) is 38.5 Å². The summed E-state index contributed by atoms with van der Waals surface area (Å²) in [7, 11) is -4.83. The Bertz CT molecular complexity index is 1440. The lowest BCUT2D eigenvalue weighted by Gasteiger charge is -2.57. The van der Waals surface area contributed by atoms with Gasteiger partial charge in [0, 0.05) is 30.1 Å². The summed E-state index contributed by atoms with van der Waals surface area (Å²) in [6.45, 7) is 6.97. The van der Waals surface area contributed by atoms with Gasteiger partial charge in [0.2, 0.25) is 29.9 Å². The molecular weight excluding hydrogens is 690 g/mol. The molecule has 0 radical (unpaired) electrons. The van der Waals surface area contributed by atoms with Gasteiger partial charge < -0.3 is 18.9 Å². The van der Waals surface area contributed by atoms with E-state index in [1.54, 1.807) is 6.92 Å². The van der Waals surface area contributed by atoms with Crippen LogP contribution < -0.4 is 0 Å². The van der Waals surface area contributed by atoms with Gasteiger partial charge in [-0.05, 0) is 81.8 Å². The molecular formula is C32H42F6O10S. The van der Waals surface area contributed by atoms with Crippen molar-refractivity contribution in [3.63, 3.8) is 0 Å². The normalized spacial score (nSPS) is 45.5. The molecule has 12 atom stereocenters. The minimum Gasteiger partial charge on any atom is -0.456 e. The standard InChI is InChI=1S/C32H42F6O10S/c1-15-5-8-22-18(24(31(33,34)35)43-26-29(22,46-39)20(15)10-7-17(3)42-26)13-49(40,41)14-19-23-9-6-16(2)21-11-12-28(4)45-27(30(21,23)48-47-28)44-25(19)32(36,37)38/h15-17,20-23,26-27,39H,5-14H2,1-4H3/t15-,16-,17+,20?,21?,22+,23+,26+,27-,28?,29?,30-/m1/s1. The quantitative estimate of drug-likeness (QED) is 0.185. The molecule has 6 aliphatic heterocycles. The second-order valence-corrected chi connectivity index (χ2v) is 17.4. The minimum absolute atomic E-state index is 0.00581. The van der Waals surface area contributed by atoms with Crippen LogP contribution in [-0.2, 0) is 43.4 Å². The monoisotopic (exact) mass is 732 g/mol. The highest BCUT2D eigenvalue weighted by Crippen LogP contribution is 2.62. The third kappa shape index (κ3) is 5.54. The van der Waals surface area contributed by atoms with Crippen LogP contribution in [0.15, 0.2) is 22.7 Å². The molecule has 6 fully saturated rings. The Balaban J connectivity index is 1.31. The Morgan fingerprint density at radius 3 is 1.96 bits per heavy atom. The zero-order chi connectivity index (χ0) is 35.5. The van der Waals surface area contributed by atoms with Gasteiger partial charge in [0.1, 0.15) is 0 Å². The first-order valence-corrected chi connectivity index (χ1v) is 18.7. The zero-order valence-corrected chi connectivity index (χ0v) is 28.4. The first kappa shape index (κ1) is 35.8. The summed E-state index contributed by atoms with van der Waals surface area (Å²) in [6.07, 6.45) is -11.7. The third-order valence-corrected chi connectivity index (χ3v) is 13.8. The summed E-state index contributed by atoms with van der Waals surface area (Å²) in [5, 5.41) is 10.4. The van der Waals surface area contributed by atoms with Crippen LogP contribution in [0.2, 0.25) is 0 Å². The third-order valence-electron chi connectivity index (χ3n) is 12.3. The van der Waals surface area contributed by atoms with E-state index in [0.717, 1.165) is 0 Å². The van der Waals surface area contributed by atoms with E-state index in [1.807, 2.05) is 13.8 Å². The molecule has 278 valence electrons. The van der Waals surface area contributed by atoms with Gasteiger partial charge in [-0.1, -0.05) is 13.8 Å². The van der Waals surface area contributed by atoms with Gasteiger partial charge >= 0.3 is 12.4 Å². The van der Waals surface area contributed by atoms with Crippen molar-refractivity contribution in [2.75, 3.05) is 11.5 Å². The highest BCUT2D eigenvalue weighted by atomic mass is 32.2. The van der Waals surface area contributed by atoms with Crippen molar-refractivity contribution in [1.82, 2.24) is 0 Å². The molecule has 6 heterocycles. The van der Waals surface area contributed by atoms with Gasteiger partial charge in [-0.3, -0.25) is 5.26 Å². The number of hydrogen-bond donors (Lipinski definition) is 1. The summed E-state index contributed by atoms with van der Waals surface area (Å²) in [4.78, 5) is 16.6. The van der Waals surface area contributed by atoms with Crippen LogP contribution in [-0.4, -0.2) is 73.2 Å². The highest BCUT2D eigenvalue weighted by molar-refractivity contribution is 7.91. The molecule has 4 unspecified atom stereocenters. The van der Waals surface area contributed by atoms with Gasteiger partial charge in [0.25, 0.3) is 0 Å². The average Bonchev–Trinajstić information content (AvgIpc) is 3.31. The SMILES string of the molecule is C[C@@H]1CC[C@H]2C(CS(=O)(=O)CC3=C(C(F)(F)F)O[C@@H]4OC5(C)CCC6[C@H](C)CC[C@@H]3[C@]64OO5)=C(C(F)(F)F)O[C@@H]3O[C@@H](C)CCC1C32OO. The van der Waals surface area contributed by atoms with Crippen LogP contribution in [0.5, 0.6) is 0 Å². The van der Waals surface area contributed by atoms with Crippen LogP contribution in [0.4, 0.5) is 26.3 Å². The highest BCUT2D eigenvalue weighted by Gasteiger charge is 2.71. The molecule has 0 aromatic rings. The fourth-order valence-corrected chi connectivity index (χ4v) is 11.8. The molecule has 49 heavy (non-hydrogen) atoms. The van der Waals surface area contributed by atoms with Crippen molar-refractivity contribution in [2.45, 2.75) is 127 Å². The van der Waals surface area contributed by atoms with Crippen LogP contribution in [0.3, 0.4) is 0 Å². The van der Waals surface area contributed by atoms with Crippen LogP contribution in [0, 0.1) is 35.5 Å². The van der Waals surface area contributed by atoms with E-state index in [9.17, 15) is 40.0 Å². The van der Waals surface area contributed by atoms with E-state index < -0.39 is 116 Å². The summed E-state index contributed by atoms with van der Waals surface area (Å²) < 4.78 is 140. The van der Waals surface area contributed by atoms with Crippen molar-refractivity contribution in [3.8, 4) is 0 Å². The average molecular weight is 733 g/mol. The number of allylic oxidation sites excluding steroid dienone is 2. The molecule has 1 spiro atoms. The number of alkyl halides is 6. The van der Waals surface area contributed by atoms with Crippen LogP contribution in [0.1, 0.15) is 79.1 Å². The second-order valence-electron chi connectivity index (χ2n) is 15.3. The Morgan fingerprint density at radius 2 is 1.35 bits per heavy atom. The molecule has 8 aliphatic rings. The molecule has 0 aromatic heterocycles. The maximum atomic E-state index is 14.8. The predicted octanol–water partition coefficient (Wildman–Crippen LogP) is 6.73. The Hall–Kier alpha value is -1.63. The Kier molecular flexibility index (Phi) is 8.53. The van der Waals surface area contributed by atoms with Crippen molar-refractivity contribution in [3.05, 3.63) is 22.7 Å². The Labute approximate surface area is 280 Å². The van der Waals surface area contributed by atoms with Gasteiger partial charge in [0.05, 0.1) is 17.6 Å². The molecule has 8 rings (SSSR count). The maximum absolute atomic E-state index is 14.8. The number of sulfone groups is 1. The van der Waals surface area contributed by atoms with E-state index >= 15 is 0 Å². The van der Waals surface area contributed by atoms with Gasteiger partial charge in [-0.15, -0.1) is 0 Å². The summed E-state index contributed by atoms with van der Waals surface area (Å²) in [5.74, 6) is -10.8. The van der Waals surface area contributed by atoms with E-state index in [-0.39, 0.29) is 24.7 Å². The zero-order valence-electron chi connectivity index (χ0n) is 27.6. The maximum Gasteiger partial charge on any atom is 0.449 e. The van der Waals surface area contributed by atoms with E-state index in [2.05, 4.69) is 0 Å². The lowest BCUT2D eigenvalue weighted by atomic mass is 9.59. The van der Waals surface area contributed by atoms with Crippen LogP contribution >= 0.6 is 0 Å². The number of rotatable bonds is 5. The van der Waals surface area contributed by atoms with Gasteiger partial charge in [0.15, 0.2) is 21.0 Å². The van der Waals surface area contributed by atoms with E-state index in [1.165, 1.54) is 6.92 Å². The van der Waals surface area contributed by atoms with Crippen molar-refractivity contribution in [2.24, 2.45) is 35.5 Å². The molecule has 4 saturated heterocycles. The first-order chi connectivity index (χ1) is 22.8. The van der Waals surface area contributed by atoms with Crippen LogP contribution in [0.25, 0.3) is 0 Å². The molecule has 2 bridgehead atoms. The summed E-state index contributed by atoms with van der Waals surface area (Å²) in [6, 6.07) is 0. The first-order valence-electron chi connectivity index (χ1n) is 16.9. The number of hydrogen-bond acceptors (Lipinski definition) is 10. The molecule has 0 amide bonds. The molecule has 1 N–H and O–H groups in total. The predicted molar refractivity (Wildman–Crippen MR) is 155 cm³/mol. The lowest BCUT2D eigenvalue weighted by Crippen LogP contribution is -2.67. The molecule has 10 nitrogen and oxygen atoms in total. The molecule has 2 aliphatic carbocycles. The minimum atomic E-state index is -5.19. The second kappa shape index (κ2) is 11.7. The van der Waals surface area contributed by atoms with Crippen molar-refractivity contribution in [1.29, 1.82) is 0 Å². The fourth-order valence-electron chi connectivity index (χ4n) is 10.1. The molecule has 0 aromatic carbocycles. The smallest absolute Gasteiger partial charge is 0.449 e. The molecule has 2 saturated carbocycles. The van der Waals surface area contributed by atoms with Gasteiger partial charge in [-0.25, -0.2) is 23.1 Å². The fraction of sp³-hybridized carbons (Fsp3) is 0.875. The van der Waals surface area contributed by atoms with Crippen molar-refractivity contribution < 1.29 is 73.6 Å². The lowest BCUT2D eigenvalue weighted by molar-refractivity contribution is -0.557. The summed E-state index contributed by atoms with van der Waals surface area (Å²) in [5.41, 5.74) is -4.84. The summed E-state index contributed by atoms with van der Waals surface area (Å²) >= 11 is 0.